The number of hydrogen-bond acceptors (Lipinski definition) is 6. The van der Waals surface area contributed by atoms with Crippen molar-refractivity contribution >= 4 is 23.1 Å². The number of likely N-dealkylation sites (tertiary alicyclic amines) is 1. The second kappa shape index (κ2) is 6.54. The number of likely N-dealkylation sites (N-methyl/N-ethyl adjacent to an activating group) is 1. The van der Waals surface area contributed by atoms with Gasteiger partial charge >= 0.3 is 0 Å². The first-order valence-electron chi connectivity index (χ1n) is 9.54. The molecule has 1 saturated heterocycles. The molecule has 1 spiro atoms. The molecule has 2 aromatic heterocycles. The van der Waals surface area contributed by atoms with Crippen molar-refractivity contribution in [3.05, 3.63) is 48.3 Å². The number of anilines is 1. The number of amides is 2. The largest absolute Gasteiger partial charge is 0.467 e. The highest BCUT2D eigenvalue weighted by atomic mass is 16.5. The minimum atomic E-state index is -0.668. The zero-order valence-electron chi connectivity index (χ0n) is 16.0. The van der Waals surface area contributed by atoms with Gasteiger partial charge in [-0.05, 0) is 30.5 Å². The van der Waals surface area contributed by atoms with E-state index in [9.17, 15) is 9.59 Å². The normalized spacial score (nSPS) is 21.1. The number of ether oxygens (including phenoxy) is 1. The van der Waals surface area contributed by atoms with Crippen LogP contribution in [0.3, 0.4) is 0 Å². The van der Waals surface area contributed by atoms with E-state index in [0.717, 1.165) is 24.1 Å². The first-order chi connectivity index (χ1) is 14.1. The van der Waals surface area contributed by atoms with Gasteiger partial charge in [-0.15, -0.1) is 15.3 Å². The van der Waals surface area contributed by atoms with Gasteiger partial charge in [-0.25, -0.2) is 0 Å². The topological polar surface area (TPSA) is 92.9 Å². The summed E-state index contributed by atoms with van der Waals surface area (Å²) in [5, 5.41) is 11.9. The fraction of sp³-hybridized carbons (Fsp3) is 0.350. The summed E-state index contributed by atoms with van der Waals surface area (Å²) in [5.41, 5.74) is 1.86. The summed E-state index contributed by atoms with van der Waals surface area (Å²) in [5.74, 6) is 0.214. The lowest BCUT2D eigenvalue weighted by Gasteiger charge is -2.39. The smallest absolute Gasteiger partial charge is 0.260 e. The quantitative estimate of drug-likeness (QED) is 0.661. The van der Waals surface area contributed by atoms with Gasteiger partial charge in [0, 0.05) is 31.9 Å². The highest BCUT2D eigenvalue weighted by Crippen LogP contribution is 2.46. The second-order valence-corrected chi connectivity index (χ2v) is 7.48. The summed E-state index contributed by atoms with van der Waals surface area (Å²) < 4.78 is 7.08. The van der Waals surface area contributed by atoms with Gasteiger partial charge in [0.1, 0.15) is 6.33 Å². The van der Waals surface area contributed by atoms with Crippen molar-refractivity contribution in [2.24, 2.45) is 0 Å². The average Bonchev–Trinajstić information content (AvgIpc) is 3.30. The third kappa shape index (κ3) is 2.72. The zero-order valence-corrected chi connectivity index (χ0v) is 16.0. The minimum Gasteiger partial charge on any atom is -0.467 e. The Morgan fingerprint density at radius 3 is 3.00 bits per heavy atom. The van der Waals surface area contributed by atoms with Crippen LogP contribution in [0.5, 0.6) is 5.88 Å². The predicted molar refractivity (Wildman–Crippen MR) is 104 cm³/mol. The number of nitrogens with zero attached hydrogens (tertiary/aromatic N) is 6. The van der Waals surface area contributed by atoms with Crippen molar-refractivity contribution in [3.63, 3.8) is 0 Å². The molecule has 0 bridgehead atoms. The third-order valence-corrected chi connectivity index (χ3v) is 5.82. The molecule has 0 N–H and O–H groups in total. The number of piperidine rings is 1. The molecule has 2 aliphatic heterocycles. The molecule has 148 valence electrons. The summed E-state index contributed by atoms with van der Waals surface area (Å²) in [6.07, 6.45) is 2.98. The number of para-hydroxylation sites is 1. The van der Waals surface area contributed by atoms with Crippen molar-refractivity contribution in [2.45, 2.75) is 18.3 Å². The van der Waals surface area contributed by atoms with E-state index in [1.807, 2.05) is 24.3 Å². The molecule has 1 aromatic carbocycles. The van der Waals surface area contributed by atoms with Crippen LogP contribution in [-0.2, 0) is 15.0 Å². The molecule has 2 amide bonds. The SMILES string of the molecule is CN1C(=O)C2(CCCN(C(=O)COc3ccc4nncn4n3)C2)c2ccccc21. The molecule has 3 aromatic rings. The molecular formula is C20H20N6O3. The molecule has 0 saturated carbocycles. The number of benzene rings is 1. The van der Waals surface area contributed by atoms with Crippen molar-refractivity contribution in [1.29, 1.82) is 0 Å². The summed E-state index contributed by atoms with van der Waals surface area (Å²) in [6, 6.07) is 11.2. The zero-order chi connectivity index (χ0) is 20.0. The number of carbonyl (C=O) groups is 2. The Labute approximate surface area is 166 Å². The van der Waals surface area contributed by atoms with Gasteiger partial charge in [-0.1, -0.05) is 18.2 Å². The maximum Gasteiger partial charge on any atom is 0.260 e. The lowest BCUT2D eigenvalue weighted by atomic mass is 9.75. The van der Waals surface area contributed by atoms with Crippen LogP contribution in [-0.4, -0.2) is 63.3 Å². The van der Waals surface area contributed by atoms with E-state index in [0.29, 0.717) is 24.6 Å². The second-order valence-electron chi connectivity index (χ2n) is 7.48. The van der Waals surface area contributed by atoms with Gasteiger partial charge < -0.3 is 14.5 Å². The minimum absolute atomic E-state index is 0.0526. The molecular weight excluding hydrogens is 372 g/mol. The van der Waals surface area contributed by atoms with Gasteiger partial charge in [0.15, 0.2) is 12.3 Å². The molecule has 1 unspecified atom stereocenters. The first kappa shape index (κ1) is 17.6. The Morgan fingerprint density at radius 2 is 2.10 bits per heavy atom. The van der Waals surface area contributed by atoms with E-state index >= 15 is 0 Å². The van der Waals surface area contributed by atoms with E-state index in [-0.39, 0.29) is 18.4 Å². The van der Waals surface area contributed by atoms with Crippen LogP contribution in [0.4, 0.5) is 5.69 Å². The lowest BCUT2D eigenvalue weighted by molar-refractivity contribution is -0.137. The molecule has 1 fully saturated rings. The Kier molecular flexibility index (Phi) is 3.97. The molecule has 0 aliphatic carbocycles. The van der Waals surface area contributed by atoms with Crippen molar-refractivity contribution in [3.8, 4) is 5.88 Å². The van der Waals surface area contributed by atoms with Crippen molar-refractivity contribution < 1.29 is 14.3 Å². The predicted octanol–water partition coefficient (Wildman–Crippen LogP) is 1.04. The number of aromatic nitrogens is 4. The average molecular weight is 392 g/mol. The molecule has 29 heavy (non-hydrogen) atoms. The van der Waals surface area contributed by atoms with Gasteiger partial charge in [0.25, 0.3) is 5.91 Å². The van der Waals surface area contributed by atoms with E-state index in [1.54, 1.807) is 29.0 Å². The number of carbonyl (C=O) groups excluding carboxylic acids is 2. The third-order valence-electron chi connectivity index (χ3n) is 5.82. The number of hydrogen-bond donors (Lipinski definition) is 0. The van der Waals surface area contributed by atoms with Crippen LogP contribution < -0.4 is 9.64 Å². The van der Waals surface area contributed by atoms with Crippen LogP contribution in [0.1, 0.15) is 18.4 Å². The van der Waals surface area contributed by atoms with Gasteiger partial charge in [-0.3, -0.25) is 9.59 Å². The number of fused-ring (bicyclic) bond motifs is 3. The Balaban J connectivity index is 1.33. The highest BCUT2D eigenvalue weighted by Gasteiger charge is 2.52. The van der Waals surface area contributed by atoms with Gasteiger partial charge in [0.05, 0.1) is 5.41 Å². The monoisotopic (exact) mass is 392 g/mol. The number of rotatable bonds is 3. The highest BCUT2D eigenvalue weighted by molar-refractivity contribution is 6.08. The molecule has 2 aliphatic rings. The van der Waals surface area contributed by atoms with E-state index < -0.39 is 5.41 Å². The van der Waals surface area contributed by atoms with Gasteiger partial charge in [-0.2, -0.15) is 4.52 Å². The Hall–Kier alpha value is -3.49. The molecule has 9 heteroatoms. The summed E-state index contributed by atoms with van der Waals surface area (Å²) >= 11 is 0. The maximum absolute atomic E-state index is 13.1. The van der Waals surface area contributed by atoms with Crippen LogP contribution in [0.15, 0.2) is 42.7 Å². The molecule has 4 heterocycles. The van der Waals surface area contributed by atoms with E-state index in [4.69, 9.17) is 4.74 Å². The summed E-state index contributed by atoms with van der Waals surface area (Å²) in [4.78, 5) is 29.4. The van der Waals surface area contributed by atoms with E-state index in [2.05, 4.69) is 15.3 Å². The van der Waals surface area contributed by atoms with Crippen LogP contribution >= 0.6 is 0 Å². The molecule has 0 radical (unpaired) electrons. The Bertz CT molecular complexity index is 1110. The molecule has 9 nitrogen and oxygen atoms in total. The summed E-state index contributed by atoms with van der Waals surface area (Å²) in [6.45, 7) is 0.844. The van der Waals surface area contributed by atoms with Crippen LogP contribution in [0, 0.1) is 0 Å². The van der Waals surface area contributed by atoms with Crippen molar-refractivity contribution in [2.75, 3.05) is 31.6 Å². The maximum atomic E-state index is 13.1. The van der Waals surface area contributed by atoms with E-state index in [1.165, 1.54) is 10.8 Å². The van der Waals surface area contributed by atoms with Crippen LogP contribution in [0.2, 0.25) is 0 Å². The summed E-state index contributed by atoms with van der Waals surface area (Å²) in [7, 11) is 1.80. The van der Waals surface area contributed by atoms with Crippen LogP contribution in [0.25, 0.3) is 5.65 Å². The lowest BCUT2D eigenvalue weighted by Crippen LogP contribution is -2.53. The fourth-order valence-corrected chi connectivity index (χ4v) is 4.39. The molecule has 1 atom stereocenters. The fourth-order valence-electron chi connectivity index (χ4n) is 4.39. The first-order valence-corrected chi connectivity index (χ1v) is 9.54. The van der Waals surface area contributed by atoms with Crippen molar-refractivity contribution in [1.82, 2.24) is 24.7 Å². The molecule has 5 rings (SSSR count). The standard InChI is InChI=1S/C20H20N6O3/c1-24-15-6-3-2-5-14(15)20(19(24)28)9-4-10-25(12-20)18(27)11-29-17-8-7-16-22-21-13-26(16)23-17/h2-3,5-8,13H,4,9-12H2,1H3. The van der Waals surface area contributed by atoms with Gasteiger partial charge in [0.2, 0.25) is 11.8 Å². The Morgan fingerprint density at radius 1 is 1.24 bits per heavy atom.